The Hall–Kier alpha value is -0.551. The van der Waals surface area contributed by atoms with Crippen LogP contribution in [-0.2, 0) is 41.0 Å². The van der Waals surface area contributed by atoms with E-state index in [-0.39, 0.29) is 41.9 Å². The van der Waals surface area contributed by atoms with E-state index in [0.29, 0.717) is 0 Å². The molecule has 0 aliphatic heterocycles. The van der Waals surface area contributed by atoms with E-state index in [1.54, 1.807) is 0 Å². The predicted octanol–water partition coefficient (Wildman–Crippen LogP) is -7.98. The van der Waals surface area contributed by atoms with Gasteiger partial charge in [-0.1, -0.05) is 0 Å². The molecule has 8 heteroatoms. The molecule has 0 saturated carbocycles. The fourth-order valence-corrected chi connectivity index (χ4v) is 0. The maximum absolute atomic E-state index is 7.50. The van der Waals surface area contributed by atoms with Crippen LogP contribution in [0.3, 0.4) is 0 Å². The van der Waals surface area contributed by atoms with Crippen LogP contribution in [0.25, 0.3) is 0 Å². The summed E-state index contributed by atoms with van der Waals surface area (Å²) in [6, 6.07) is 0. The Kier molecular flexibility index (Phi) is 26200. The molecule has 0 aromatic carbocycles. The van der Waals surface area contributed by atoms with Crippen molar-refractivity contribution >= 4 is 33.9 Å². The zero-order valence-corrected chi connectivity index (χ0v) is 8.37. The van der Waals surface area contributed by atoms with Gasteiger partial charge in [-0.05, 0) is 0 Å². The summed E-state index contributed by atoms with van der Waals surface area (Å²) in [5.41, 5.74) is 0. The predicted molar refractivity (Wildman–Crippen MR) is 28.5 cm³/mol. The van der Waals surface area contributed by atoms with E-state index in [1.165, 1.54) is 0 Å². The summed E-state index contributed by atoms with van der Waals surface area (Å²) >= 11 is 0. The first-order chi connectivity index (χ1) is 5.00. The van der Waals surface area contributed by atoms with Crippen molar-refractivity contribution in [2.75, 3.05) is 0 Å². The molecule has 0 aromatic heterocycles. The summed E-state index contributed by atoms with van der Waals surface area (Å²) in [6.45, 7) is 22.5. The Labute approximate surface area is 99.9 Å². The van der Waals surface area contributed by atoms with E-state index in [1.807, 2.05) is 0 Å². The Morgan fingerprint density at radius 1 is 0.385 bits per heavy atom. The van der Waals surface area contributed by atoms with Crippen LogP contribution < -0.4 is 24.8 Å². The molecular weight excluding hydrogens is 266 g/mol. The smallest absolute Gasteiger partial charge is 1.00 e. The zero-order chi connectivity index (χ0) is 10.0. The molecule has 0 rings (SSSR count). The average molecular weight is 266 g/mol. The summed E-state index contributed by atoms with van der Waals surface area (Å²) in [6.07, 6.45) is 0. The van der Waals surface area contributed by atoms with Crippen LogP contribution in [0.1, 0.15) is 0 Å². The first-order valence-corrected chi connectivity index (χ1v) is 1.02. The summed E-state index contributed by atoms with van der Waals surface area (Å²) in [5.74, 6) is 0. The molecule has 0 aliphatic carbocycles. The fourth-order valence-electron chi connectivity index (χ4n) is 0. The average Bonchev–Trinajstić information content (AvgIpc) is 2.20. The monoisotopic (exact) mass is 265 g/mol. The standard InChI is InChI=1S/5CO.2ClH.Mn/c5*1-2;;;/h;;;;;2*1H;/q;;;;;;;+2/p-2. The molecule has 5 nitrogen and oxygen atoms in total. The van der Waals surface area contributed by atoms with Gasteiger partial charge in [0.1, 0.15) is 0 Å². The molecule has 0 bridgehead atoms. The second-order valence-electron chi connectivity index (χ2n) is 0. The molecule has 0 heterocycles. The summed E-state index contributed by atoms with van der Waals surface area (Å²) in [5, 5.41) is 0. The van der Waals surface area contributed by atoms with Gasteiger partial charge in [0.05, 0.1) is 0 Å². The van der Waals surface area contributed by atoms with Crippen molar-refractivity contribution in [3.8, 4) is 0 Å². The van der Waals surface area contributed by atoms with Gasteiger partial charge in [0.25, 0.3) is 33.9 Å². The van der Waals surface area contributed by atoms with Crippen LogP contribution in [-0.4, -0.2) is 33.9 Å². The van der Waals surface area contributed by atoms with Crippen LogP contribution in [0.4, 0.5) is 0 Å². The van der Waals surface area contributed by atoms with Crippen molar-refractivity contribution in [3.05, 3.63) is 0 Å². The Balaban J connectivity index is -0.00000000379. The molecule has 71 valence electrons. The van der Waals surface area contributed by atoms with Gasteiger partial charge >= 0.3 is 17.1 Å². The molecule has 0 spiro atoms. The largest absolute Gasteiger partial charge is 2.00 e. The van der Waals surface area contributed by atoms with E-state index in [4.69, 9.17) is 24.0 Å². The summed E-state index contributed by atoms with van der Waals surface area (Å²) < 4.78 is 0. The number of rotatable bonds is 0. The molecule has 0 atom stereocenters. The van der Waals surface area contributed by atoms with Gasteiger partial charge in [-0.15, -0.1) is 0 Å². The van der Waals surface area contributed by atoms with Crippen molar-refractivity contribution < 1.29 is 65.9 Å². The van der Waals surface area contributed by atoms with Crippen molar-refractivity contribution in [1.82, 2.24) is 0 Å². The van der Waals surface area contributed by atoms with Crippen molar-refractivity contribution in [2.24, 2.45) is 0 Å². The minimum absolute atomic E-state index is 0. The minimum Gasteiger partial charge on any atom is -1.00 e. The molecule has 0 unspecified atom stereocenters. The van der Waals surface area contributed by atoms with E-state index in [2.05, 4.69) is 33.9 Å². The van der Waals surface area contributed by atoms with E-state index in [0.717, 1.165) is 0 Å². The molecule has 13 heavy (non-hydrogen) atoms. The third kappa shape index (κ3) is 3370. The van der Waals surface area contributed by atoms with E-state index in [9.17, 15) is 0 Å². The SMILES string of the molecule is [C]=O.[C]=O.[C]=O.[C]=O.[C]=O.[Cl-].[Cl-].[Mn+2]. The van der Waals surface area contributed by atoms with Crippen molar-refractivity contribution in [2.45, 2.75) is 0 Å². The van der Waals surface area contributed by atoms with Gasteiger partial charge in [0.15, 0.2) is 0 Å². The van der Waals surface area contributed by atoms with Gasteiger partial charge in [-0.25, -0.2) is 0 Å². The quantitative estimate of drug-likeness (QED) is 0.406. The molecule has 0 N–H and O–H groups in total. The van der Waals surface area contributed by atoms with Gasteiger partial charge in [-0.3, -0.25) is 24.0 Å². The van der Waals surface area contributed by atoms with Crippen LogP contribution in [0.2, 0.25) is 0 Å². The van der Waals surface area contributed by atoms with Crippen LogP contribution in [0.15, 0.2) is 0 Å². The van der Waals surface area contributed by atoms with Gasteiger partial charge in [0.2, 0.25) is 0 Å². The third-order valence-electron chi connectivity index (χ3n) is 0. The molecule has 0 amide bonds. The topological polar surface area (TPSA) is 85.3 Å². The van der Waals surface area contributed by atoms with Gasteiger partial charge < -0.3 is 24.8 Å². The molecule has 0 saturated heterocycles. The maximum Gasteiger partial charge on any atom is 2.00 e. The Morgan fingerprint density at radius 2 is 0.385 bits per heavy atom. The van der Waals surface area contributed by atoms with E-state index < -0.39 is 0 Å². The Bertz CT molecular complexity index is 34.5. The van der Waals surface area contributed by atoms with Gasteiger partial charge in [-0.2, -0.15) is 0 Å². The Morgan fingerprint density at radius 3 is 0.385 bits per heavy atom. The number of hydrogen-bond acceptors (Lipinski definition) is 5. The summed E-state index contributed by atoms with van der Waals surface area (Å²) in [4.78, 5) is 37.5. The number of hydrogen-bond donors (Lipinski definition) is 0. The van der Waals surface area contributed by atoms with Crippen molar-refractivity contribution in [1.29, 1.82) is 0 Å². The normalized spacial score (nSPS) is 1.54. The molecule has 0 aromatic rings. The third-order valence-corrected chi connectivity index (χ3v) is 0. The number of carbonyl (C=O) groups excluding carboxylic acids is 5. The first kappa shape index (κ1) is 82.4. The molecular formula is C5Cl2MnO5. The van der Waals surface area contributed by atoms with Crippen LogP contribution in [0, 0.1) is 0 Å². The van der Waals surface area contributed by atoms with Gasteiger partial charge in [0, 0.05) is 0 Å². The zero-order valence-electron chi connectivity index (χ0n) is 5.68. The van der Waals surface area contributed by atoms with Crippen LogP contribution in [0.5, 0.6) is 0 Å². The summed E-state index contributed by atoms with van der Waals surface area (Å²) in [7, 11) is 0. The van der Waals surface area contributed by atoms with Crippen molar-refractivity contribution in [3.63, 3.8) is 0 Å². The van der Waals surface area contributed by atoms with Crippen LogP contribution >= 0.6 is 0 Å². The number of halogens is 2. The minimum atomic E-state index is 0. The first-order valence-electron chi connectivity index (χ1n) is 1.02. The molecule has 11 radical (unpaired) electrons. The second-order valence-corrected chi connectivity index (χ2v) is 0. The van der Waals surface area contributed by atoms with E-state index >= 15 is 0 Å². The fraction of sp³-hybridized carbons (Fsp3) is 0. The molecule has 0 aliphatic rings. The second kappa shape index (κ2) is 4130. The molecule has 0 fully saturated rings. The maximum atomic E-state index is 7.50.